The average Bonchev–Trinajstić information content (AvgIpc) is 3.93. The molecular formula is C56H37N5S2. The van der Waals surface area contributed by atoms with Gasteiger partial charge in [-0.05, 0) is 53.4 Å². The Morgan fingerprint density at radius 3 is 1.92 bits per heavy atom. The van der Waals surface area contributed by atoms with Gasteiger partial charge in [0, 0.05) is 58.1 Å². The van der Waals surface area contributed by atoms with Gasteiger partial charge in [0.2, 0.25) is 0 Å². The molecule has 0 fully saturated rings. The molecule has 0 atom stereocenters. The quantitative estimate of drug-likeness (QED) is 0.135. The first-order valence-electron chi connectivity index (χ1n) is 20.8. The van der Waals surface area contributed by atoms with Gasteiger partial charge in [-0.25, -0.2) is 24.9 Å². The summed E-state index contributed by atoms with van der Waals surface area (Å²) < 4.78 is 4.66. The number of aromatic nitrogens is 5. The normalized spacial score (nSPS) is 12.0. The molecule has 0 aliphatic heterocycles. The van der Waals surface area contributed by atoms with Crippen molar-refractivity contribution in [2.24, 2.45) is 0 Å². The second-order valence-electron chi connectivity index (χ2n) is 15.2. The van der Waals surface area contributed by atoms with E-state index in [1.165, 1.54) is 19.5 Å². The number of benzene rings is 7. The van der Waals surface area contributed by atoms with Crippen LogP contribution in [0.25, 0.3) is 114 Å². The summed E-state index contributed by atoms with van der Waals surface area (Å²) in [6.45, 7) is 6.06. The fourth-order valence-corrected chi connectivity index (χ4v) is 10.5. The van der Waals surface area contributed by atoms with Crippen LogP contribution in [0, 0.1) is 0 Å². The van der Waals surface area contributed by atoms with Gasteiger partial charge in [0.15, 0.2) is 23.3 Å². The van der Waals surface area contributed by atoms with E-state index in [2.05, 4.69) is 140 Å². The van der Waals surface area contributed by atoms with Crippen LogP contribution < -0.4 is 0 Å². The molecule has 7 aromatic carbocycles. The third-order valence-corrected chi connectivity index (χ3v) is 13.6. The Hall–Kier alpha value is -7.71. The highest BCUT2D eigenvalue weighted by Crippen LogP contribution is 2.43. The molecule has 5 nitrogen and oxygen atoms in total. The van der Waals surface area contributed by atoms with Crippen LogP contribution in [0.3, 0.4) is 0 Å². The lowest BCUT2D eigenvalue weighted by Crippen LogP contribution is -2.02. The minimum Gasteiger partial charge on any atom is -0.226 e. The van der Waals surface area contributed by atoms with Crippen LogP contribution >= 0.6 is 22.7 Å². The highest BCUT2D eigenvalue weighted by atomic mass is 32.1. The Balaban J connectivity index is 0.985. The summed E-state index contributed by atoms with van der Waals surface area (Å²) >= 11 is 3.54. The predicted octanol–water partition coefficient (Wildman–Crippen LogP) is 15.5. The molecule has 0 spiro atoms. The zero-order valence-electron chi connectivity index (χ0n) is 34.2. The maximum atomic E-state index is 5.30. The number of fused-ring (bicyclic) bond motifs is 6. The van der Waals surface area contributed by atoms with Gasteiger partial charge in [-0.2, -0.15) is 0 Å². The topological polar surface area (TPSA) is 64.5 Å². The second-order valence-corrected chi connectivity index (χ2v) is 17.3. The molecule has 11 aromatic rings. The first-order chi connectivity index (χ1) is 31.1. The summed E-state index contributed by atoms with van der Waals surface area (Å²) in [5.41, 5.74) is 11.3. The van der Waals surface area contributed by atoms with Crippen LogP contribution in [0.2, 0.25) is 0 Å². The lowest BCUT2D eigenvalue weighted by atomic mass is 9.99. The first kappa shape index (κ1) is 38.2. The maximum absolute atomic E-state index is 5.30. The molecule has 0 aliphatic rings. The van der Waals surface area contributed by atoms with E-state index in [0.29, 0.717) is 23.3 Å². The molecule has 0 unspecified atom stereocenters. The molecule has 0 N–H and O–H groups in total. The van der Waals surface area contributed by atoms with Crippen LogP contribution in [0.5, 0.6) is 0 Å². The minimum atomic E-state index is 0.581. The van der Waals surface area contributed by atoms with E-state index in [-0.39, 0.29) is 0 Å². The van der Waals surface area contributed by atoms with Crippen LogP contribution in [-0.2, 0) is 0 Å². The van der Waals surface area contributed by atoms with E-state index < -0.39 is 0 Å². The van der Waals surface area contributed by atoms with Crippen molar-refractivity contribution in [1.29, 1.82) is 0 Å². The predicted molar refractivity (Wildman–Crippen MR) is 267 cm³/mol. The first-order valence-corrected chi connectivity index (χ1v) is 22.4. The molecule has 0 saturated carbocycles. The van der Waals surface area contributed by atoms with Crippen LogP contribution in [0.15, 0.2) is 201 Å². The van der Waals surface area contributed by atoms with Crippen molar-refractivity contribution < 1.29 is 0 Å². The largest absolute Gasteiger partial charge is 0.226 e. The monoisotopic (exact) mass is 843 g/mol. The number of thiophene rings is 2. The van der Waals surface area contributed by atoms with Crippen LogP contribution in [0.1, 0.15) is 12.7 Å². The molecule has 298 valence electrons. The Morgan fingerprint density at radius 1 is 0.476 bits per heavy atom. The van der Waals surface area contributed by atoms with E-state index in [4.69, 9.17) is 24.9 Å². The van der Waals surface area contributed by atoms with Crippen molar-refractivity contribution in [2.45, 2.75) is 6.92 Å². The molecule has 0 saturated heterocycles. The standard InChI is InChI=1S/C56H37N5S2/c1-3-5-16-35(4-2)53-59-54(39-19-10-7-11-20-39)61-56(60-53)45-24-15-26-47-49(45)43-32-31-41(34-48(43)62-47)37-27-29-38(30-28-37)50-52-51(44-23-12-13-25-46(44)63-52)58-55(57-50)42-22-14-21-40(33-42)36-17-8-6-9-18-36/h3-34H,2H2,1H3/b5-3-,35-16+. The average molecular weight is 844 g/mol. The molecule has 7 heteroatoms. The Kier molecular flexibility index (Phi) is 9.88. The minimum absolute atomic E-state index is 0.581. The van der Waals surface area contributed by atoms with Crippen LogP contribution in [0.4, 0.5) is 0 Å². The molecule has 0 aliphatic carbocycles. The Morgan fingerprint density at radius 2 is 1.11 bits per heavy atom. The van der Waals surface area contributed by atoms with Crippen LogP contribution in [-0.4, -0.2) is 24.9 Å². The summed E-state index contributed by atoms with van der Waals surface area (Å²) in [4.78, 5) is 25.6. The molecule has 63 heavy (non-hydrogen) atoms. The van der Waals surface area contributed by atoms with E-state index in [0.717, 1.165) is 76.8 Å². The van der Waals surface area contributed by atoms with Gasteiger partial charge in [0.1, 0.15) is 0 Å². The molecule has 0 bridgehead atoms. The van der Waals surface area contributed by atoms with E-state index in [1.54, 1.807) is 28.7 Å². The zero-order chi connectivity index (χ0) is 42.3. The van der Waals surface area contributed by atoms with Crippen molar-refractivity contribution in [3.05, 3.63) is 207 Å². The second kappa shape index (κ2) is 16.3. The van der Waals surface area contributed by atoms with Gasteiger partial charge in [-0.1, -0.05) is 176 Å². The van der Waals surface area contributed by atoms with Gasteiger partial charge in [-0.3, -0.25) is 0 Å². The number of allylic oxidation sites excluding steroid dienone is 5. The molecule has 4 aromatic heterocycles. The third-order valence-electron chi connectivity index (χ3n) is 11.3. The zero-order valence-corrected chi connectivity index (χ0v) is 35.9. The summed E-state index contributed by atoms with van der Waals surface area (Å²) in [5, 5.41) is 3.45. The van der Waals surface area contributed by atoms with E-state index in [9.17, 15) is 0 Å². The van der Waals surface area contributed by atoms with Gasteiger partial charge >= 0.3 is 0 Å². The van der Waals surface area contributed by atoms with Crippen molar-refractivity contribution in [3.8, 4) is 67.7 Å². The fourth-order valence-electron chi connectivity index (χ4n) is 8.17. The lowest BCUT2D eigenvalue weighted by Gasteiger charge is -2.10. The molecular weight excluding hydrogens is 807 g/mol. The number of hydrogen-bond acceptors (Lipinski definition) is 7. The number of rotatable bonds is 9. The van der Waals surface area contributed by atoms with Gasteiger partial charge in [0.05, 0.1) is 15.9 Å². The molecule has 4 heterocycles. The smallest absolute Gasteiger partial charge is 0.164 e. The number of nitrogens with zero attached hydrogens (tertiary/aromatic N) is 5. The Bertz CT molecular complexity index is 3590. The SMILES string of the molecule is C=C/C(=C\C=C/C)c1nc(-c2ccccc2)nc(-c2cccc3sc4cc(-c5ccc(-c6nc(-c7cccc(-c8ccccc8)c7)nc7c6sc6ccccc67)cc5)ccc4c23)n1. The maximum Gasteiger partial charge on any atom is 0.164 e. The summed E-state index contributed by atoms with van der Waals surface area (Å²) in [6.07, 6.45) is 7.74. The molecule has 0 amide bonds. The highest BCUT2D eigenvalue weighted by Gasteiger charge is 2.19. The molecule has 11 rings (SSSR count). The van der Waals surface area contributed by atoms with E-state index >= 15 is 0 Å². The van der Waals surface area contributed by atoms with E-state index in [1.807, 2.05) is 61.5 Å². The summed E-state index contributed by atoms with van der Waals surface area (Å²) in [7, 11) is 0. The van der Waals surface area contributed by atoms with Crippen molar-refractivity contribution in [3.63, 3.8) is 0 Å². The van der Waals surface area contributed by atoms with Crippen molar-refractivity contribution >= 4 is 68.7 Å². The van der Waals surface area contributed by atoms with Crippen molar-refractivity contribution in [1.82, 2.24) is 24.9 Å². The Labute approximate surface area is 372 Å². The molecule has 0 radical (unpaired) electrons. The third kappa shape index (κ3) is 7.13. The van der Waals surface area contributed by atoms with Crippen molar-refractivity contribution in [2.75, 3.05) is 0 Å². The number of hydrogen-bond donors (Lipinski definition) is 0. The summed E-state index contributed by atoms with van der Waals surface area (Å²) in [6, 6.07) is 59.5. The van der Waals surface area contributed by atoms with Gasteiger partial charge in [-0.15, -0.1) is 22.7 Å². The van der Waals surface area contributed by atoms with Gasteiger partial charge < -0.3 is 0 Å². The highest BCUT2D eigenvalue weighted by molar-refractivity contribution is 7.26. The lowest BCUT2D eigenvalue weighted by molar-refractivity contribution is 1.04. The fraction of sp³-hybridized carbons (Fsp3) is 0.0179. The van der Waals surface area contributed by atoms with Gasteiger partial charge in [0.25, 0.3) is 0 Å². The summed E-state index contributed by atoms with van der Waals surface area (Å²) in [5.74, 6) is 2.54.